The van der Waals surface area contributed by atoms with Gasteiger partial charge in [-0.3, -0.25) is 9.52 Å². The first-order chi connectivity index (χ1) is 15.8. The van der Waals surface area contributed by atoms with Crippen LogP contribution in [0, 0.1) is 0 Å². The third kappa shape index (κ3) is 5.01. The van der Waals surface area contributed by atoms with Gasteiger partial charge in [0.1, 0.15) is 11.5 Å². The SMILES string of the molecule is C=CCN1C(=O)COc2ccc(-c3csc(NS(=O)(=O)c4ccc(OC(C)C)cc4)n3)cc21. The van der Waals surface area contributed by atoms with Crippen molar-refractivity contribution >= 4 is 38.1 Å². The standard InChI is InChI=1S/C23H23N3O5S2/c1-4-11-26-20-12-16(5-10-21(20)30-13-22(26)27)19-14-32-23(24-19)25-33(28,29)18-8-6-17(7-9-18)31-15(2)3/h4-10,12,14-15H,1,11,13H2,2-3H3,(H,24,25). The van der Waals surface area contributed by atoms with Crippen LogP contribution in [0.5, 0.6) is 11.5 Å². The summed E-state index contributed by atoms with van der Waals surface area (Å²) in [6.07, 6.45) is 1.65. The van der Waals surface area contributed by atoms with E-state index in [-0.39, 0.29) is 28.6 Å². The Morgan fingerprint density at radius 3 is 2.73 bits per heavy atom. The van der Waals surface area contributed by atoms with E-state index in [2.05, 4.69) is 16.3 Å². The van der Waals surface area contributed by atoms with Crippen LogP contribution in [0.2, 0.25) is 0 Å². The maximum atomic E-state index is 12.8. The van der Waals surface area contributed by atoms with Crippen molar-refractivity contribution < 1.29 is 22.7 Å². The van der Waals surface area contributed by atoms with E-state index in [4.69, 9.17) is 9.47 Å². The molecule has 10 heteroatoms. The quantitative estimate of drug-likeness (QED) is 0.478. The van der Waals surface area contributed by atoms with Crippen molar-refractivity contribution in [2.45, 2.75) is 24.8 Å². The van der Waals surface area contributed by atoms with Crippen LogP contribution in [0.3, 0.4) is 0 Å². The van der Waals surface area contributed by atoms with Crippen LogP contribution in [0.1, 0.15) is 13.8 Å². The Kier molecular flexibility index (Phi) is 6.39. The number of carbonyl (C=O) groups excluding carboxylic acids is 1. The van der Waals surface area contributed by atoms with Gasteiger partial charge in [-0.1, -0.05) is 6.08 Å². The lowest BCUT2D eigenvalue weighted by Gasteiger charge is -2.28. The smallest absolute Gasteiger partial charge is 0.265 e. The van der Waals surface area contributed by atoms with Crippen LogP contribution in [0.25, 0.3) is 11.3 Å². The fourth-order valence-corrected chi connectivity index (χ4v) is 5.26. The number of fused-ring (bicyclic) bond motifs is 1. The van der Waals surface area contributed by atoms with E-state index in [1.165, 1.54) is 23.5 Å². The molecular weight excluding hydrogens is 462 g/mol. The third-order valence-corrected chi connectivity index (χ3v) is 6.98. The summed E-state index contributed by atoms with van der Waals surface area (Å²) in [6, 6.07) is 11.6. The second-order valence-corrected chi connectivity index (χ2v) is 10.1. The zero-order valence-electron chi connectivity index (χ0n) is 18.1. The summed E-state index contributed by atoms with van der Waals surface area (Å²) in [5.74, 6) is 1.04. The molecule has 0 saturated carbocycles. The Morgan fingerprint density at radius 2 is 2.03 bits per heavy atom. The minimum atomic E-state index is -3.81. The molecule has 2 heterocycles. The number of thiazole rings is 1. The van der Waals surface area contributed by atoms with Gasteiger partial charge in [-0.2, -0.15) is 0 Å². The summed E-state index contributed by atoms with van der Waals surface area (Å²) in [5.41, 5.74) is 1.94. The maximum absolute atomic E-state index is 12.8. The number of rotatable bonds is 8. The zero-order valence-corrected chi connectivity index (χ0v) is 19.8. The number of anilines is 2. The number of nitrogens with one attached hydrogen (secondary N) is 1. The van der Waals surface area contributed by atoms with E-state index in [1.54, 1.807) is 40.6 Å². The summed E-state index contributed by atoms with van der Waals surface area (Å²) >= 11 is 1.17. The predicted molar refractivity (Wildman–Crippen MR) is 129 cm³/mol. The molecule has 33 heavy (non-hydrogen) atoms. The number of hydrogen-bond donors (Lipinski definition) is 1. The molecule has 1 aromatic heterocycles. The zero-order chi connectivity index (χ0) is 23.6. The second-order valence-electron chi connectivity index (χ2n) is 7.55. The van der Waals surface area contributed by atoms with Crippen LogP contribution < -0.4 is 19.1 Å². The Morgan fingerprint density at radius 1 is 1.27 bits per heavy atom. The number of hydrogen-bond acceptors (Lipinski definition) is 7. The molecule has 4 rings (SSSR count). The van der Waals surface area contributed by atoms with Crippen LogP contribution in [-0.4, -0.2) is 38.6 Å². The Labute approximate surface area is 196 Å². The fraction of sp³-hybridized carbons (Fsp3) is 0.217. The minimum absolute atomic E-state index is 0.00329. The van der Waals surface area contributed by atoms with Gasteiger partial charge in [-0.15, -0.1) is 17.9 Å². The summed E-state index contributed by atoms with van der Waals surface area (Å²) in [7, 11) is -3.81. The number of amides is 1. The van der Waals surface area contributed by atoms with Crippen molar-refractivity contribution in [3.63, 3.8) is 0 Å². The lowest BCUT2D eigenvalue weighted by Crippen LogP contribution is -2.38. The maximum Gasteiger partial charge on any atom is 0.265 e. The molecule has 1 aliphatic heterocycles. The van der Waals surface area contributed by atoms with Crippen LogP contribution in [0.15, 0.2) is 65.4 Å². The molecule has 0 bridgehead atoms. The van der Waals surface area contributed by atoms with Gasteiger partial charge in [0.2, 0.25) is 0 Å². The van der Waals surface area contributed by atoms with Gasteiger partial charge in [-0.25, -0.2) is 13.4 Å². The van der Waals surface area contributed by atoms with Gasteiger partial charge in [-0.05, 0) is 56.3 Å². The largest absolute Gasteiger partial charge is 0.491 e. The van der Waals surface area contributed by atoms with Crippen molar-refractivity contribution in [1.29, 1.82) is 0 Å². The monoisotopic (exact) mass is 485 g/mol. The third-order valence-electron chi connectivity index (χ3n) is 4.74. The molecule has 0 unspecified atom stereocenters. The van der Waals surface area contributed by atoms with E-state index in [0.29, 0.717) is 29.4 Å². The Bertz CT molecular complexity index is 1280. The molecule has 2 aromatic carbocycles. The van der Waals surface area contributed by atoms with E-state index in [0.717, 1.165) is 5.56 Å². The lowest BCUT2D eigenvalue weighted by molar-refractivity contribution is -0.121. The van der Waals surface area contributed by atoms with Crippen molar-refractivity contribution in [3.8, 4) is 22.8 Å². The molecule has 172 valence electrons. The second kappa shape index (κ2) is 9.24. The summed E-state index contributed by atoms with van der Waals surface area (Å²) in [5, 5.41) is 1.99. The Hall–Kier alpha value is -3.37. The average molecular weight is 486 g/mol. The molecule has 8 nitrogen and oxygen atoms in total. The fourth-order valence-electron chi connectivity index (χ4n) is 3.29. The highest BCUT2D eigenvalue weighted by Gasteiger charge is 2.25. The number of sulfonamides is 1. The minimum Gasteiger partial charge on any atom is -0.491 e. The van der Waals surface area contributed by atoms with Crippen LogP contribution in [-0.2, 0) is 14.8 Å². The summed E-state index contributed by atoms with van der Waals surface area (Å²) in [6.45, 7) is 7.85. The first kappa shape index (κ1) is 22.8. The van der Waals surface area contributed by atoms with Gasteiger partial charge >= 0.3 is 0 Å². The summed E-state index contributed by atoms with van der Waals surface area (Å²) < 4.78 is 39.1. The van der Waals surface area contributed by atoms with Gasteiger partial charge in [0.15, 0.2) is 11.7 Å². The highest BCUT2D eigenvalue weighted by molar-refractivity contribution is 7.93. The van der Waals surface area contributed by atoms with E-state index >= 15 is 0 Å². The molecule has 0 atom stereocenters. The normalized spacial score (nSPS) is 13.4. The topological polar surface area (TPSA) is 97.8 Å². The van der Waals surface area contributed by atoms with Gasteiger partial charge in [0.25, 0.3) is 15.9 Å². The molecule has 3 aromatic rings. The van der Waals surface area contributed by atoms with Gasteiger partial charge in [0.05, 0.1) is 22.4 Å². The molecule has 0 fully saturated rings. The number of aromatic nitrogens is 1. The van der Waals surface area contributed by atoms with Crippen molar-refractivity contribution in [2.75, 3.05) is 22.8 Å². The molecule has 1 amide bonds. The molecule has 0 radical (unpaired) electrons. The van der Waals surface area contributed by atoms with E-state index < -0.39 is 10.0 Å². The van der Waals surface area contributed by atoms with Gasteiger partial charge < -0.3 is 14.4 Å². The molecule has 1 N–H and O–H groups in total. The van der Waals surface area contributed by atoms with Crippen LogP contribution >= 0.6 is 11.3 Å². The van der Waals surface area contributed by atoms with Crippen molar-refractivity contribution in [3.05, 3.63) is 60.5 Å². The van der Waals surface area contributed by atoms with Crippen molar-refractivity contribution in [2.24, 2.45) is 0 Å². The number of ether oxygens (including phenoxy) is 2. The number of benzene rings is 2. The predicted octanol–water partition coefficient (Wildman–Crippen LogP) is 4.31. The average Bonchev–Trinajstić information content (AvgIpc) is 3.23. The first-order valence-electron chi connectivity index (χ1n) is 10.2. The lowest BCUT2D eigenvalue weighted by atomic mass is 10.1. The van der Waals surface area contributed by atoms with E-state index in [1.807, 2.05) is 19.9 Å². The number of nitrogens with zero attached hydrogens (tertiary/aromatic N) is 2. The Balaban J connectivity index is 1.55. The first-order valence-corrected chi connectivity index (χ1v) is 12.6. The molecule has 1 aliphatic rings. The molecular formula is C23H23N3O5S2. The highest BCUT2D eigenvalue weighted by atomic mass is 32.2. The van der Waals surface area contributed by atoms with Crippen LogP contribution in [0.4, 0.5) is 10.8 Å². The summed E-state index contributed by atoms with van der Waals surface area (Å²) in [4.78, 5) is 18.4. The van der Waals surface area contributed by atoms with Gasteiger partial charge in [0, 0.05) is 17.5 Å². The number of carbonyl (C=O) groups is 1. The molecule has 0 saturated heterocycles. The van der Waals surface area contributed by atoms with E-state index in [9.17, 15) is 13.2 Å². The molecule has 0 spiro atoms. The van der Waals surface area contributed by atoms with Crippen molar-refractivity contribution in [1.82, 2.24) is 4.98 Å². The molecule has 0 aliphatic carbocycles. The highest BCUT2D eigenvalue weighted by Crippen LogP contribution is 2.37.